The predicted octanol–water partition coefficient (Wildman–Crippen LogP) is 3.56. The van der Waals surface area contributed by atoms with Crippen molar-refractivity contribution >= 4 is 11.8 Å². The largest absolute Gasteiger partial charge is 0.435 e. The fraction of sp³-hybridized carbons (Fsp3) is 0.300. The van der Waals surface area contributed by atoms with E-state index in [1.54, 1.807) is 24.3 Å². The number of methoxy groups -OCH3 is 1. The average Bonchev–Trinajstić information content (AvgIpc) is 2.65. The molecule has 0 saturated heterocycles. The van der Waals surface area contributed by atoms with E-state index in [1.807, 2.05) is 12.1 Å². The third-order valence-electron chi connectivity index (χ3n) is 4.30. The number of hydrogen-bond acceptors (Lipinski definition) is 4. The molecule has 2 aromatic rings. The van der Waals surface area contributed by atoms with Crippen molar-refractivity contribution in [3.63, 3.8) is 0 Å². The smallest absolute Gasteiger partial charge is 0.340 e. The highest BCUT2D eigenvalue weighted by atomic mass is 16.7. The molecular formula is C20H20O4. The normalized spacial score (nSPS) is 13.2. The van der Waals surface area contributed by atoms with Crippen molar-refractivity contribution in [2.24, 2.45) is 0 Å². The Morgan fingerprint density at radius 1 is 0.875 bits per heavy atom. The van der Waals surface area contributed by atoms with Gasteiger partial charge in [0.2, 0.25) is 0 Å². The lowest BCUT2D eigenvalue weighted by atomic mass is 9.89. The van der Waals surface area contributed by atoms with Gasteiger partial charge in [-0.15, -0.1) is 0 Å². The number of esters is 1. The first-order valence-electron chi connectivity index (χ1n) is 8.11. The molecule has 0 saturated carbocycles. The van der Waals surface area contributed by atoms with Crippen molar-refractivity contribution < 1.29 is 19.1 Å². The highest BCUT2D eigenvalue weighted by Gasteiger charge is 2.15. The van der Waals surface area contributed by atoms with E-state index in [9.17, 15) is 9.59 Å². The Hall–Kier alpha value is -2.46. The number of ketones is 1. The Morgan fingerprint density at radius 2 is 1.50 bits per heavy atom. The average molecular weight is 324 g/mol. The fourth-order valence-electron chi connectivity index (χ4n) is 2.99. The summed E-state index contributed by atoms with van der Waals surface area (Å²) in [6, 6.07) is 12.5. The number of hydrogen-bond donors (Lipinski definition) is 0. The van der Waals surface area contributed by atoms with Crippen LogP contribution in [0.15, 0.2) is 42.5 Å². The molecule has 0 amide bonds. The monoisotopic (exact) mass is 324 g/mol. The van der Waals surface area contributed by atoms with Crippen molar-refractivity contribution in [1.29, 1.82) is 0 Å². The van der Waals surface area contributed by atoms with Crippen molar-refractivity contribution in [1.82, 2.24) is 0 Å². The first-order valence-corrected chi connectivity index (χ1v) is 8.11. The van der Waals surface area contributed by atoms with Gasteiger partial charge in [-0.2, -0.15) is 0 Å². The van der Waals surface area contributed by atoms with Crippen molar-refractivity contribution in [3.8, 4) is 0 Å². The number of carbonyl (C=O) groups is 2. The number of fused-ring (bicyclic) bond motifs is 1. The van der Waals surface area contributed by atoms with E-state index in [-0.39, 0.29) is 12.6 Å². The molecule has 0 heterocycles. The molecule has 0 bridgehead atoms. The third-order valence-corrected chi connectivity index (χ3v) is 4.30. The maximum Gasteiger partial charge on any atom is 0.340 e. The van der Waals surface area contributed by atoms with Gasteiger partial charge < -0.3 is 9.47 Å². The molecule has 0 atom stereocenters. The lowest BCUT2D eigenvalue weighted by Crippen LogP contribution is -2.09. The standard InChI is InChI=1S/C20H20O4/c1-23-13-24-20(22)16-9-7-15(8-10-16)19(21)18-11-6-14-4-2-3-5-17(14)12-18/h6-12H,2-5,13H2,1H3. The summed E-state index contributed by atoms with van der Waals surface area (Å²) in [7, 11) is 1.45. The molecule has 0 spiro atoms. The molecule has 0 unspecified atom stereocenters. The van der Waals surface area contributed by atoms with Gasteiger partial charge in [-0.05, 0) is 55.0 Å². The molecule has 0 aliphatic heterocycles. The van der Waals surface area contributed by atoms with Crippen LogP contribution in [0, 0.1) is 0 Å². The second kappa shape index (κ2) is 7.41. The van der Waals surface area contributed by atoms with Gasteiger partial charge in [0.25, 0.3) is 0 Å². The molecule has 0 radical (unpaired) electrons. The molecule has 1 aliphatic rings. The molecule has 0 fully saturated rings. The van der Waals surface area contributed by atoms with Crippen LogP contribution < -0.4 is 0 Å². The SMILES string of the molecule is COCOC(=O)c1ccc(C(=O)c2ccc3c(c2)CCCC3)cc1. The van der Waals surface area contributed by atoms with E-state index in [0.29, 0.717) is 16.7 Å². The van der Waals surface area contributed by atoms with Gasteiger partial charge in [-0.3, -0.25) is 4.79 Å². The molecular weight excluding hydrogens is 304 g/mol. The minimum Gasteiger partial charge on any atom is -0.435 e. The fourth-order valence-corrected chi connectivity index (χ4v) is 2.99. The van der Waals surface area contributed by atoms with E-state index in [0.717, 1.165) is 12.8 Å². The minimum atomic E-state index is -0.468. The van der Waals surface area contributed by atoms with Crippen LogP contribution in [0.3, 0.4) is 0 Å². The summed E-state index contributed by atoms with van der Waals surface area (Å²) >= 11 is 0. The molecule has 24 heavy (non-hydrogen) atoms. The van der Waals surface area contributed by atoms with E-state index >= 15 is 0 Å². The molecule has 2 aromatic carbocycles. The van der Waals surface area contributed by atoms with Gasteiger partial charge in [-0.1, -0.05) is 24.3 Å². The van der Waals surface area contributed by atoms with E-state index in [1.165, 1.54) is 31.1 Å². The summed E-state index contributed by atoms with van der Waals surface area (Å²) in [5, 5.41) is 0. The van der Waals surface area contributed by atoms with Gasteiger partial charge in [-0.25, -0.2) is 4.79 Å². The van der Waals surface area contributed by atoms with Gasteiger partial charge in [0, 0.05) is 18.2 Å². The second-order valence-electron chi connectivity index (χ2n) is 5.94. The molecule has 1 aliphatic carbocycles. The lowest BCUT2D eigenvalue weighted by Gasteiger charge is -2.16. The van der Waals surface area contributed by atoms with Crippen LogP contribution in [-0.4, -0.2) is 25.7 Å². The summed E-state index contributed by atoms with van der Waals surface area (Å²) < 4.78 is 9.58. The van der Waals surface area contributed by atoms with E-state index in [4.69, 9.17) is 9.47 Å². The first-order chi connectivity index (χ1) is 11.7. The summed E-state index contributed by atoms with van der Waals surface area (Å²) in [6.07, 6.45) is 4.55. The predicted molar refractivity (Wildman–Crippen MR) is 90.3 cm³/mol. The van der Waals surface area contributed by atoms with Crippen LogP contribution in [0.4, 0.5) is 0 Å². The highest BCUT2D eigenvalue weighted by Crippen LogP contribution is 2.23. The zero-order valence-corrected chi connectivity index (χ0v) is 13.7. The highest BCUT2D eigenvalue weighted by molar-refractivity contribution is 6.09. The number of rotatable bonds is 5. The van der Waals surface area contributed by atoms with E-state index in [2.05, 4.69) is 6.07 Å². The maximum absolute atomic E-state index is 12.6. The molecule has 4 nitrogen and oxygen atoms in total. The topological polar surface area (TPSA) is 52.6 Å². The van der Waals surface area contributed by atoms with Crippen molar-refractivity contribution in [2.75, 3.05) is 13.9 Å². The molecule has 124 valence electrons. The van der Waals surface area contributed by atoms with Crippen LogP contribution in [0.2, 0.25) is 0 Å². The van der Waals surface area contributed by atoms with Crippen LogP contribution in [0.1, 0.15) is 50.2 Å². The van der Waals surface area contributed by atoms with E-state index < -0.39 is 5.97 Å². The zero-order chi connectivity index (χ0) is 16.9. The van der Waals surface area contributed by atoms with Gasteiger partial charge in [0.15, 0.2) is 12.6 Å². The minimum absolute atomic E-state index is 0.0276. The van der Waals surface area contributed by atoms with Crippen molar-refractivity contribution in [2.45, 2.75) is 25.7 Å². The van der Waals surface area contributed by atoms with Crippen molar-refractivity contribution in [3.05, 3.63) is 70.3 Å². The maximum atomic E-state index is 12.6. The zero-order valence-electron chi connectivity index (χ0n) is 13.7. The Morgan fingerprint density at radius 3 is 2.21 bits per heavy atom. The lowest BCUT2D eigenvalue weighted by molar-refractivity contribution is -0.0125. The summed E-state index contributed by atoms with van der Waals surface area (Å²) in [4.78, 5) is 24.4. The van der Waals surface area contributed by atoms with Crippen LogP contribution in [0.25, 0.3) is 0 Å². The van der Waals surface area contributed by atoms with Crippen LogP contribution in [0.5, 0.6) is 0 Å². The van der Waals surface area contributed by atoms with Crippen LogP contribution in [-0.2, 0) is 22.3 Å². The quantitative estimate of drug-likeness (QED) is 0.479. The second-order valence-corrected chi connectivity index (χ2v) is 5.94. The molecule has 0 aromatic heterocycles. The van der Waals surface area contributed by atoms with Gasteiger partial charge in [0.1, 0.15) is 0 Å². The van der Waals surface area contributed by atoms with Crippen LogP contribution >= 0.6 is 0 Å². The summed E-state index contributed by atoms with van der Waals surface area (Å²) in [5.41, 5.74) is 4.30. The molecule has 3 rings (SSSR count). The summed E-state index contributed by atoms with van der Waals surface area (Å²) in [6.45, 7) is -0.0886. The van der Waals surface area contributed by atoms with Gasteiger partial charge >= 0.3 is 5.97 Å². The number of ether oxygens (including phenoxy) is 2. The number of benzene rings is 2. The number of aryl methyl sites for hydroxylation is 2. The molecule has 4 heteroatoms. The Kier molecular flexibility index (Phi) is 5.06. The Bertz CT molecular complexity index is 747. The first kappa shape index (κ1) is 16.4. The van der Waals surface area contributed by atoms with Gasteiger partial charge in [0.05, 0.1) is 5.56 Å². The Labute approximate surface area is 141 Å². The Balaban J connectivity index is 1.76. The third kappa shape index (κ3) is 3.54. The number of carbonyl (C=O) groups excluding carboxylic acids is 2. The molecule has 0 N–H and O–H groups in total. The summed E-state index contributed by atoms with van der Waals surface area (Å²) in [5.74, 6) is -0.496.